The van der Waals surface area contributed by atoms with Gasteiger partial charge >= 0.3 is 17.9 Å². The van der Waals surface area contributed by atoms with Gasteiger partial charge in [0.15, 0.2) is 0 Å². The minimum absolute atomic E-state index is 0.124. The average Bonchev–Trinajstić information content (AvgIpc) is 2.86. The monoisotopic (exact) mass is 579 g/mol. The maximum absolute atomic E-state index is 11.9. The Morgan fingerprint density at radius 2 is 1.38 bits per heavy atom. The number of anilines is 1. The van der Waals surface area contributed by atoms with Crippen molar-refractivity contribution in [1.29, 1.82) is 0 Å². The molecule has 1 aromatic rings. The Kier molecular flexibility index (Phi) is 14.1. The number of hydrogen-bond donors (Lipinski definition) is 4. The van der Waals surface area contributed by atoms with Crippen LogP contribution < -0.4 is 5.32 Å². The molecule has 1 aliphatic heterocycles. The van der Waals surface area contributed by atoms with Gasteiger partial charge in [-0.15, -0.1) is 0 Å². The summed E-state index contributed by atoms with van der Waals surface area (Å²) < 4.78 is 0. The van der Waals surface area contributed by atoms with E-state index in [9.17, 15) is 34.5 Å². The Bertz CT molecular complexity index is 1010. The number of carboxylic acid groups (broad SMARTS) is 3. The molecule has 0 aliphatic carbocycles. The normalized spacial score (nSPS) is 18.9. The Hall–Kier alpha value is -2.97. The van der Waals surface area contributed by atoms with Crippen LogP contribution in [0.4, 0.5) is 5.69 Å². The van der Waals surface area contributed by atoms with Crippen molar-refractivity contribution in [2.75, 3.05) is 77.3 Å². The van der Waals surface area contributed by atoms with E-state index in [-0.39, 0.29) is 38.1 Å². The van der Waals surface area contributed by atoms with E-state index in [0.29, 0.717) is 52.2 Å². The average molecular weight is 580 g/mol. The minimum atomic E-state index is -1.01. The molecule has 12 nitrogen and oxygen atoms in total. The number of carboxylic acids is 3. The number of hydrogen-bond acceptors (Lipinski definition) is 9. The predicted molar refractivity (Wildman–Crippen MR) is 155 cm³/mol. The Labute approximate surface area is 240 Å². The van der Waals surface area contributed by atoms with Crippen LogP contribution in [0.15, 0.2) is 24.3 Å². The number of thiocarbonyl (C=S) groups is 1. The molecule has 1 saturated heterocycles. The summed E-state index contributed by atoms with van der Waals surface area (Å²) in [6.07, 6.45) is 1.29. The molecule has 1 heterocycles. The third kappa shape index (κ3) is 12.5. The second kappa shape index (κ2) is 17.0. The summed E-state index contributed by atoms with van der Waals surface area (Å²) in [6.45, 7) is 5.82. The van der Waals surface area contributed by atoms with Gasteiger partial charge in [0.05, 0.1) is 31.2 Å². The van der Waals surface area contributed by atoms with Crippen LogP contribution in [0.25, 0.3) is 0 Å². The van der Waals surface area contributed by atoms with Crippen LogP contribution in [0.1, 0.15) is 19.4 Å². The highest BCUT2D eigenvalue weighted by Gasteiger charge is 2.26. The number of aldehydes is 1. The first-order valence-electron chi connectivity index (χ1n) is 13.4. The van der Waals surface area contributed by atoms with E-state index >= 15 is 0 Å². The number of benzene rings is 1. The van der Waals surface area contributed by atoms with Crippen molar-refractivity contribution < 1.29 is 34.5 Å². The van der Waals surface area contributed by atoms with Gasteiger partial charge in [0.25, 0.3) is 0 Å². The molecule has 40 heavy (non-hydrogen) atoms. The van der Waals surface area contributed by atoms with E-state index in [2.05, 4.69) is 5.32 Å². The molecule has 1 atom stereocenters. The summed E-state index contributed by atoms with van der Waals surface area (Å²) in [5.41, 5.74) is 1.82. The van der Waals surface area contributed by atoms with Crippen molar-refractivity contribution in [1.82, 2.24) is 19.6 Å². The van der Waals surface area contributed by atoms with Gasteiger partial charge in [-0.05, 0) is 24.1 Å². The number of rotatable bonds is 12. The summed E-state index contributed by atoms with van der Waals surface area (Å²) >= 11 is 5.37. The number of aliphatic carboxylic acids is 3. The van der Waals surface area contributed by atoms with Crippen LogP contribution in [-0.2, 0) is 25.6 Å². The second-order valence-electron chi connectivity index (χ2n) is 10.3. The van der Waals surface area contributed by atoms with Gasteiger partial charge in [-0.3, -0.25) is 34.0 Å². The van der Waals surface area contributed by atoms with Crippen molar-refractivity contribution in [3.63, 3.8) is 0 Å². The summed E-state index contributed by atoms with van der Waals surface area (Å²) in [5.74, 6) is -2.80. The Balaban J connectivity index is 2.35. The first-order chi connectivity index (χ1) is 19.0. The maximum Gasteiger partial charge on any atom is 0.317 e. The van der Waals surface area contributed by atoms with Gasteiger partial charge in [0.1, 0.15) is 6.29 Å². The minimum Gasteiger partial charge on any atom is -0.480 e. The lowest BCUT2D eigenvalue weighted by Crippen LogP contribution is -2.53. The van der Waals surface area contributed by atoms with Gasteiger partial charge in [-0.25, -0.2) is 0 Å². The van der Waals surface area contributed by atoms with Gasteiger partial charge in [-0.1, -0.05) is 38.2 Å². The molecule has 0 aromatic heterocycles. The van der Waals surface area contributed by atoms with Crippen LogP contribution in [0, 0.1) is 5.92 Å². The van der Waals surface area contributed by atoms with Crippen molar-refractivity contribution in [2.24, 2.45) is 5.92 Å². The Morgan fingerprint density at radius 1 is 0.875 bits per heavy atom. The van der Waals surface area contributed by atoms with Crippen LogP contribution in [-0.4, -0.2) is 142 Å². The molecule has 1 aliphatic rings. The standard InChI is InChI=1S/C27H41N5O7S/c1-20(2)27(40)28-22-5-3-21(4-6-22)15-23-16-31(13-14-33)10-9-29(17-24(34)35)7-8-30(18-25(36)37)11-12-32(23)19-26(38)39/h3-6,14,20,23H,7-13,15-19H2,1-2H3,(H,28,40)(H,34,35)(H,36,37)(H,38,39). The largest absolute Gasteiger partial charge is 0.480 e. The van der Waals surface area contributed by atoms with Gasteiger partial charge in [0.2, 0.25) is 0 Å². The fraction of sp³-hybridized carbons (Fsp3) is 0.593. The second-order valence-corrected chi connectivity index (χ2v) is 10.8. The zero-order valence-corrected chi connectivity index (χ0v) is 24.0. The van der Waals surface area contributed by atoms with Crippen LogP contribution in [0.3, 0.4) is 0 Å². The van der Waals surface area contributed by atoms with E-state index in [1.54, 1.807) is 9.80 Å². The molecule has 2 rings (SSSR count). The van der Waals surface area contributed by atoms with E-state index in [1.165, 1.54) is 0 Å². The van der Waals surface area contributed by atoms with Crippen molar-refractivity contribution in [2.45, 2.75) is 26.3 Å². The van der Waals surface area contributed by atoms with E-state index in [0.717, 1.165) is 22.5 Å². The molecule has 1 aromatic carbocycles. The zero-order valence-electron chi connectivity index (χ0n) is 23.2. The lowest BCUT2D eigenvalue weighted by atomic mass is 10.0. The lowest BCUT2D eigenvalue weighted by Gasteiger charge is -2.37. The molecule has 0 radical (unpaired) electrons. The van der Waals surface area contributed by atoms with E-state index < -0.39 is 17.9 Å². The molecular formula is C27H41N5O7S. The molecule has 222 valence electrons. The van der Waals surface area contributed by atoms with Gasteiger partial charge < -0.3 is 25.4 Å². The Morgan fingerprint density at radius 3 is 1.85 bits per heavy atom. The fourth-order valence-corrected chi connectivity index (χ4v) is 4.69. The molecule has 1 fully saturated rings. The summed E-state index contributed by atoms with van der Waals surface area (Å²) in [4.78, 5) is 54.2. The molecule has 13 heteroatoms. The van der Waals surface area contributed by atoms with E-state index in [1.807, 2.05) is 47.9 Å². The summed E-state index contributed by atoms with van der Waals surface area (Å²) in [6, 6.07) is 7.45. The predicted octanol–water partition coefficient (Wildman–Crippen LogP) is 0.667. The van der Waals surface area contributed by atoms with Gasteiger partial charge in [-0.2, -0.15) is 0 Å². The third-order valence-corrected chi connectivity index (χ3v) is 7.33. The number of carbonyl (C=O) groups is 4. The molecule has 0 spiro atoms. The molecular weight excluding hydrogens is 538 g/mol. The fourth-order valence-electron chi connectivity index (χ4n) is 4.57. The third-order valence-electron chi connectivity index (χ3n) is 6.76. The van der Waals surface area contributed by atoms with Crippen LogP contribution in [0.2, 0.25) is 0 Å². The quantitative estimate of drug-likeness (QED) is 0.203. The summed E-state index contributed by atoms with van der Waals surface area (Å²) in [7, 11) is 0. The van der Waals surface area contributed by atoms with Crippen molar-refractivity contribution in [3.05, 3.63) is 29.8 Å². The van der Waals surface area contributed by atoms with E-state index in [4.69, 9.17) is 12.2 Å². The molecule has 0 bridgehead atoms. The smallest absolute Gasteiger partial charge is 0.317 e. The van der Waals surface area contributed by atoms with Gasteiger partial charge in [0, 0.05) is 63.5 Å². The van der Waals surface area contributed by atoms with Crippen molar-refractivity contribution in [3.8, 4) is 0 Å². The summed E-state index contributed by atoms with van der Waals surface area (Å²) in [5, 5.41) is 31.7. The van der Waals surface area contributed by atoms with Crippen LogP contribution in [0.5, 0.6) is 0 Å². The topological polar surface area (TPSA) is 154 Å². The van der Waals surface area contributed by atoms with Crippen molar-refractivity contribution >= 4 is 47.1 Å². The molecule has 1 unspecified atom stereocenters. The first-order valence-corrected chi connectivity index (χ1v) is 13.8. The number of nitrogens with zero attached hydrogens (tertiary/aromatic N) is 4. The molecule has 0 amide bonds. The SMILES string of the molecule is CC(C)C(=S)Nc1ccc(CC2CN(CC=O)CCN(CC(=O)O)CCN(CC(=O)O)CCN2CC(=O)O)cc1. The highest BCUT2D eigenvalue weighted by atomic mass is 32.1. The van der Waals surface area contributed by atoms with Crippen LogP contribution >= 0.6 is 12.2 Å². The maximum atomic E-state index is 11.9. The first kappa shape index (κ1) is 33.2. The highest BCUT2D eigenvalue weighted by molar-refractivity contribution is 7.80. The zero-order chi connectivity index (χ0) is 29.7. The molecule has 0 saturated carbocycles. The molecule has 4 N–H and O–H groups in total. The number of nitrogens with one attached hydrogen (secondary N) is 1. The number of carbonyl (C=O) groups excluding carboxylic acids is 1. The highest BCUT2D eigenvalue weighted by Crippen LogP contribution is 2.16. The lowest BCUT2D eigenvalue weighted by molar-refractivity contribution is -0.141.